The molecule has 6 heteroatoms. The summed E-state index contributed by atoms with van der Waals surface area (Å²) in [7, 11) is 4.02. The van der Waals surface area contributed by atoms with Crippen LogP contribution in [0.4, 0.5) is 5.82 Å². The van der Waals surface area contributed by atoms with Gasteiger partial charge in [0.25, 0.3) is 0 Å². The van der Waals surface area contributed by atoms with Crippen molar-refractivity contribution < 1.29 is 4.74 Å². The number of hydrogen-bond acceptors (Lipinski definition) is 5. The zero-order chi connectivity index (χ0) is 18.8. The lowest BCUT2D eigenvalue weighted by Crippen LogP contribution is -2.78. The molecule has 2 heterocycles. The highest BCUT2D eigenvalue weighted by atomic mass is 16.5. The van der Waals surface area contributed by atoms with Crippen LogP contribution in [-0.4, -0.2) is 52.3 Å². The highest BCUT2D eigenvalue weighted by Crippen LogP contribution is 2.68. The normalized spacial score (nSPS) is 28.9. The fraction of sp³-hybridized carbons (Fsp3) is 0.619. The van der Waals surface area contributed by atoms with E-state index in [-0.39, 0.29) is 5.54 Å². The minimum atomic E-state index is 0.279. The first-order valence-corrected chi connectivity index (χ1v) is 9.99. The van der Waals surface area contributed by atoms with E-state index in [0.29, 0.717) is 17.3 Å². The first kappa shape index (κ1) is 17.2. The zero-order valence-electron chi connectivity index (χ0n) is 16.5. The Labute approximate surface area is 160 Å². The van der Waals surface area contributed by atoms with Gasteiger partial charge in [-0.3, -0.25) is 4.90 Å². The van der Waals surface area contributed by atoms with Crippen LogP contribution in [0, 0.1) is 6.92 Å². The monoisotopic (exact) mass is 367 g/mol. The number of nitrogen functional groups attached to an aromatic ring is 1. The molecule has 0 amide bonds. The van der Waals surface area contributed by atoms with Crippen molar-refractivity contribution >= 4 is 5.82 Å². The number of imidazole rings is 1. The van der Waals surface area contributed by atoms with Gasteiger partial charge < -0.3 is 15.0 Å². The van der Waals surface area contributed by atoms with E-state index in [9.17, 15) is 0 Å². The van der Waals surface area contributed by atoms with Gasteiger partial charge in [0, 0.05) is 43.1 Å². The number of ether oxygens (including phenoxy) is 1. The number of pyridine rings is 1. The Balaban J connectivity index is 1.41. The third kappa shape index (κ3) is 2.53. The van der Waals surface area contributed by atoms with E-state index in [1.54, 1.807) is 7.11 Å². The molecular formula is C21H29N5O. The Morgan fingerprint density at radius 1 is 1.33 bits per heavy atom. The van der Waals surface area contributed by atoms with Gasteiger partial charge in [0.05, 0.1) is 17.8 Å². The van der Waals surface area contributed by atoms with Crippen LogP contribution in [0.15, 0.2) is 18.5 Å². The second kappa shape index (κ2) is 5.79. The minimum absolute atomic E-state index is 0.279. The summed E-state index contributed by atoms with van der Waals surface area (Å²) < 4.78 is 7.79. The third-order valence-corrected chi connectivity index (χ3v) is 7.02. The van der Waals surface area contributed by atoms with Crippen LogP contribution >= 0.6 is 0 Å². The van der Waals surface area contributed by atoms with Crippen LogP contribution in [-0.2, 0) is 10.3 Å². The summed E-state index contributed by atoms with van der Waals surface area (Å²) in [5.74, 6) is 2.52. The molecule has 4 aliphatic rings. The predicted octanol–water partition coefficient (Wildman–Crippen LogP) is 2.92. The molecule has 2 aromatic heterocycles. The Hall–Kier alpha value is -1.92. The third-order valence-electron chi connectivity index (χ3n) is 7.02. The number of hydrogen-bond donors (Lipinski definition) is 1. The van der Waals surface area contributed by atoms with Crippen LogP contribution in [0.25, 0.3) is 11.3 Å². The molecule has 0 spiro atoms. The maximum atomic E-state index is 5.89. The van der Waals surface area contributed by atoms with Crippen molar-refractivity contribution in [2.75, 3.05) is 33.0 Å². The summed E-state index contributed by atoms with van der Waals surface area (Å²) in [5.41, 5.74) is 9.67. The number of aromatic nitrogens is 3. The standard InChI is InChI=1S/C21H29N5O/c1-14-8-16(9-23-18(14)22)17-10-26(19(24-17)15-4-5-15)21-11-20(12-21,13-21)25(2)6-7-27-3/h8-10,15H,4-7,11-13H2,1-3H3,(H2,22,23). The maximum absolute atomic E-state index is 5.89. The van der Waals surface area contributed by atoms with Crippen LogP contribution < -0.4 is 5.73 Å². The van der Waals surface area contributed by atoms with E-state index in [1.165, 1.54) is 37.9 Å². The molecule has 0 saturated heterocycles. The van der Waals surface area contributed by atoms with Gasteiger partial charge >= 0.3 is 0 Å². The fourth-order valence-electron chi connectivity index (χ4n) is 5.08. The highest BCUT2D eigenvalue weighted by Gasteiger charge is 2.71. The van der Waals surface area contributed by atoms with Gasteiger partial charge in [0.15, 0.2) is 0 Å². The second-order valence-electron chi connectivity index (χ2n) is 8.95. The van der Waals surface area contributed by atoms with Crippen molar-refractivity contribution in [1.29, 1.82) is 0 Å². The number of likely N-dealkylation sites (N-methyl/N-ethyl adjacent to an activating group) is 1. The molecule has 2 aromatic rings. The molecule has 144 valence electrons. The number of rotatable bonds is 7. The Bertz CT molecular complexity index is 865. The van der Waals surface area contributed by atoms with Crippen molar-refractivity contribution in [2.24, 2.45) is 0 Å². The highest BCUT2D eigenvalue weighted by molar-refractivity contribution is 5.61. The molecule has 0 aliphatic heterocycles. The Kier molecular flexibility index (Phi) is 3.69. The molecule has 0 atom stereocenters. The van der Waals surface area contributed by atoms with Gasteiger partial charge in [-0.05, 0) is 57.7 Å². The van der Waals surface area contributed by atoms with Crippen LogP contribution in [0.3, 0.4) is 0 Å². The van der Waals surface area contributed by atoms with Crippen molar-refractivity contribution in [3.63, 3.8) is 0 Å². The molecule has 6 rings (SSSR count). The van der Waals surface area contributed by atoms with Gasteiger partial charge in [-0.25, -0.2) is 9.97 Å². The molecule has 4 aliphatic carbocycles. The SMILES string of the molecule is COCCN(C)C12CC(n3cc(-c4cnc(N)c(C)c4)nc3C3CC3)(C1)C2. The number of aryl methyl sites for hydroxylation is 1. The van der Waals surface area contributed by atoms with Gasteiger partial charge in [-0.2, -0.15) is 0 Å². The smallest absolute Gasteiger partial charge is 0.126 e. The van der Waals surface area contributed by atoms with Crippen LogP contribution in [0.5, 0.6) is 0 Å². The molecule has 0 aromatic carbocycles. The van der Waals surface area contributed by atoms with E-state index in [1.807, 2.05) is 13.1 Å². The zero-order valence-corrected chi connectivity index (χ0v) is 16.5. The van der Waals surface area contributed by atoms with Crippen molar-refractivity contribution in [1.82, 2.24) is 19.4 Å². The Morgan fingerprint density at radius 3 is 2.70 bits per heavy atom. The van der Waals surface area contributed by atoms with E-state index in [2.05, 4.69) is 33.8 Å². The molecule has 2 N–H and O–H groups in total. The maximum Gasteiger partial charge on any atom is 0.126 e. The molecule has 27 heavy (non-hydrogen) atoms. The first-order chi connectivity index (χ1) is 13.0. The topological polar surface area (TPSA) is 69.2 Å². The number of nitrogens with two attached hydrogens (primary N) is 1. The number of anilines is 1. The molecular weight excluding hydrogens is 338 g/mol. The van der Waals surface area contributed by atoms with Gasteiger partial charge in [-0.1, -0.05) is 0 Å². The van der Waals surface area contributed by atoms with Gasteiger partial charge in [0.1, 0.15) is 11.6 Å². The van der Waals surface area contributed by atoms with Crippen molar-refractivity contribution in [2.45, 2.75) is 56.0 Å². The molecule has 4 saturated carbocycles. The quantitative estimate of drug-likeness (QED) is 0.815. The summed E-state index contributed by atoms with van der Waals surface area (Å²) in [5, 5.41) is 0. The molecule has 0 unspecified atom stereocenters. The summed E-state index contributed by atoms with van der Waals surface area (Å²) >= 11 is 0. The molecule has 4 fully saturated rings. The van der Waals surface area contributed by atoms with Gasteiger partial charge in [0.2, 0.25) is 0 Å². The molecule has 6 nitrogen and oxygen atoms in total. The Morgan fingerprint density at radius 2 is 2.07 bits per heavy atom. The van der Waals surface area contributed by atoms with Crippen molar-refractivity contribution in [3.8, 4) is 11.3 Å². The number of nitrogens with zero attached hydrogens (tertiary/aromatic N) is 4. The lowest BCUT2D eigenvalue weighted by Gasteiger charge is -2.74. The van der Waals surface area contributed by atoms with Gasteiger partial charge in [-0.15, -0.1) is 0 Å². The fourth-order valence-corrected chi connectivity index (χ4v) is 5.08. The van der Waals surface area contributed by atoms with E-state index >= 15 is 0 Å². The van der Waals surface area contributed by atoms with Crippen LogP contribution in [0.2, 0.25) is 0 Å². The second-order valence-corrected chi connectivity index (χ2v) is 8.95. The average molecular weight is 367 g/mol. The largest absolute Gasteiger partial charge is 0.383 e. The van der Waals surface area contributed by atoms with E-state index in [4.69, 9.17) is 15.5 Å². The van der Waals surface area contributed by atoms with E-state index in [0.717, 1.165) is 30.0 Å². The summed E-state index contributed by atoms with van der Waals surface area (Å²) in [6, 6.07) is 2.10. The summed E-state index contributed by atoms with van der Waals surface area (Å²) in [6.45, 7) is 3.82. The van der Waals surface area contributed by atoms with E-state index < -0.39 is 0 Å². The number of methoxy groups -OCH3 is 1. The lowest BCUT2D eigenvalue weighted by molar-refractivity contribution is -0.201. The molecule has 0 radical (unpaired) electrons. The molecule has 2 bridgehead atoms. The van der Waals surface area contributed by atoms with Crippen LogP contribution in [0.1, 0.15) is 49.4 Å². The predicted molar refractivity (Wildman–Crippen MR) is 106 cm³/mol. The summed E-state index contributed by atoms with van der Waals surface area (Å²) in [6.07, 6.45) is 10.4. The minimum Gasteiger partial charge on any atom is -0.383 e. The lowest BCUT2D eigenvalue weighted by atomic mass is 9.43. The summed E-state index contributed by atoms with van der Waals surface area (Å²) in [4.78, 5) is 11.9. The first-order valence-electron chi connectivity index (χ1n) is 9.99. The van der Waals surface area contributed by atoms with Crippen molar-refractivity contribution in [3.05, 3.63) is 29.8 Å². The average Bonchev–Trinajstić information content (AvgIpc) is 3.33.